The van der Waals surface area contributed by atoms with Crippen molar-refractivity contribution in [3.05, 3.63) is 0 Å². The van der Waals surface area contributed by atoms with E-state index in [0.717, 1.165) is 45.5 Å². The molecule has 104 valence electrons. The fraction of sp³-hybridized carbons (Fsp3) is 0.933. The predicted molar refractivity (Wildman–Crippen MR) is 70.5 cm³/mol. The van der Waals surface area contributed by atoms with Crippen molar-refractivity contribution in [2.45, 2.75) is 52.1 Å². The van der Waals surface area contributed by atoms with Crippen LogP contribution in [0.5, 0.6) is 0 Å². The second kappa shape index (κ2) is 5.70. The van der Waals surface area contributed by atoms with E-state index in [0.29, 0.717) is 17.6 Å². The van der Waals surface area contributed by atoms with Gasteiger partial charge >= 0.3 is 0 Å². The zero-order valence-electron chi connectivity index (χ0n) is 11.9. The first-order valence-electron chi connectivity index (χ1n) is 7.26. The van der Waals surface area contributed by atoms with Crippen LogP contribution in [-0.4, -0.2) is 31.2 Å². The average molecular weight is 254 g/mol. The Labute approximate surface area is 110 Å². The lowest BCUT2D eigenvalue weighted by Crippen LogP contribution is -2.47. The van der Waals surface area contributed by atoms with Crippen LogP contribution in [0.15, 0.2) is 0 Å². The topological polar surface area (TPSA) is 35.5 Å². The van der Waals surface area contributed by atoms with Crippen LogP contribution >= 0.6 is 0 Å². The van der Waals surface area contributed by atoms with E-state index in [1.165, 1.54) is 0 Å². The van der Waals surface area contributed by atoms with Gasteiger partial charge in [-0.1, -0.05) is 13.8 Å². The van der Waals surface area contributed by atoms with E-state index in [-0.39, 0.29) is 11.5 Å². The number of ether oxygens (including phenoxy) is 2. The van der Waals surface area contributed by atoms with Crippen molar-refractivity contribution in [2.75, 3.05) is 19.8 Å². The molecule has 2 fully saturated rings. The van der Waals surface area contributed by atoms with Gasteiger partial charge in [-0.05, 0) is 44.4 Å². The highest BCUT2D eigenvalue weighted by molar-refractivity contribution is 5.78. The van der Waals surface area contributed by atoms with Gasteiger partial charge in [-0.2, -0.15) is 0 Å². The van der Waals surface area contributed by atoms with Crippen LogP contribution < -0.4 is 0 Å². The van der Waals surface area contributed by atoms with Crippen LogP contribution in [0.4, 0.5) is 0 Å². The smallest absolute Gasteiger partial charge is 0.133 e. The van der Waals surface area contributed by atoms with E-state index in [1.54, 1.807) is 6.92 Å². The van der Waals surface area contributed by atoms with Crippen molar-refractivity contribution >= 4 is 5.78 Å². The molecule has 0 radical (unpaired) electrons. The number of hydrogen-bond acceptors (Lipinski definition) is 3. The van der Waals surface area contributed by atoms with Crippen LogP contribution in [0.25, 0.3) is 0 Å². The molecule has 0 aromatic carbocycles. The minimum atomic E-state index is 0.00373. The molecule has 0 bridgehead atoms. The normalized spacial score (nSPS) is 29.4. The fourth-order valence-electron chi connectivity index (χ4n) is 3.81. The molecular weight excluding hydrogens is 228 g/mol. The van der Waals surface area contributed by atoms with Crippen LogP contribution in [0.1, 0.15) is 46.5 Å². The van der Waals surface area contributed by atoms with Gasteiger partial charge in [0, 0.05) is 25.7 Å². The lowest BCUT2D eigenvalue weighted by Gasteiger charge is -2.45. The lowest BCUT2D eigenvalue weighted by atomic mass is 9.71. The molecule has 2 heterocycles. The summed E-state index contributed by atoms with van der Waals surface area (Å²) < 4.78 is 11.5. The number of carbonyl (C=O) groups excluding carboxylic acids is 1. The molecule has 2 aliphatic heterocycles. The molecule has 3 nitrogen and oxygen atoms in total. The van der Waals surface area contributed by atoms with Gasteiger partial charge in [0.15, 0.2) is 0 Å². The van der Waals surface area contributed by atoms with Gasteiger partial charge < -0.3 is 9.47 Å². The van der Waals surface area contributed by atoms with E-state index < -0.39 is 0 Å². The van der Waals surface area contributed by atoms with Crippen LogP contribution in [-0.2, 0) is 14.3 Å². The Morgan fingerprint density at radius 3 is 2.44 bits per heavy atom. The molecule has 0 saturated carbocycles. The Morgan fingerprint density at radius 2 is 1.89 bits per heavy atom. The fourth-order valence-corrected chi connectivity index (χ4v) is 3.81. The standard InChI is InChI=1S/C15H26O3/c1-11(2)14(12(3)16)13-4-7-18-15(10-13)5-8-17-9-6-15/h11,13-14H,4-10H2,1-3H3. The summed E-state index contributed by atoms with van der Waals surface area (Å²) in [5.74, 6) is 1.48. The van der Waals surface area contributed by atoms with Gasteiger partial charge in [0.2, 0.25) is 0 Å². The molecule has 18 heavy (non-hydrogen) atoms. The molecule has 2 unspecified atom stereocenters. The highest BCUT2D eigenvalue weighted by Crippen LogP contribution is 2.41. The molecule has 2 rings (SSSR count). The van der Waals surface area contributed by atoms with E-state index >= 15 is 0 Å². The molecule has 0 N–H and O–H groups in total. The largest absolute Gasteiger partial charge is 0.381 e. The van der Waals surface area contributed by atoms with E-state index in [9.17, 15) is 4.79 Å². The summed E-state index contributed by atoms with van der Waals surface area (Å²) in [4.78, 5) is 11.9. The SMILES string of the molecule is CC(=O)C(C(C)C)C1CCOC2(CCOCC2)C1. The Morgan fingerprint density at radius 1 is 1.22 bits per heavy atom. The summed E-state index contributed by atoms with van der Waals surface area (Å²) in [5.41, 5.74) is 0.00373. The summed E-state index contributed by atoms with van der Waals surface area (Å²) >= 11 is 0. The van der Waals surface area contributed by atoms with Crippen molar-refractivity contribution in [3.8, 4) is 0 Å². The molecular formula is C15H26O3. The summed E-state index contributed by atoms with van der Waals surface area (Å²) in [6.45, 7) is 8.49. The number of Topliss-reactive ketones (excluding diaryl/α,β-unsaturated/α-hetero) is 1. The number of rotatable bonds is 3. The van der Waals surface area contributed by atoms with Crippen molar-refractivity contribution < 1.29 is 14.3 Å². The van der Waals surface area contributed by atoms with E-state index in [4.69, 9.17) is 9.47 Å². The Hall–Kier alpha value is -0.410. The van der Waals surface area contributed by atoms with Gasteiger partial charge in [-0.3, -0.25) is 4.79 Å². The zero-order valence-corrected chi connectivity index (χ0v) is 11.9. The van der Waals surface area contributed by atoms with Gasteiger partial charge in [0.25, 0.3) is 0 Å². The van der Waals surface area contributed by atoms with Crippen molar-refractivity contribution in [1.82, 2.24) is 0 Å². The minimum absolute atomic E-state index is 0.00373. The van der Waals surface area contributed by atoms with Gasteiger partial charge in [-0.15, -0.1) is 0 Å². The van der Waals surface area contributed by atoms with Crippen molar-refractivity contribution in [1.29, 1.82) is 0 Å². The summed E-state index contributed by atoms with van der Waals surface area (Å²) in [6.07, 6.45) is 4.06. The van der Waals surface area contributed by atoms with Gasteiger partial charge in [0.05, 0.1) is 5.60 Å². The quantitative estimate of drug-likeness (QED) is 0.777. The van der Waals surface area contributed by atoms with Crippen LogP contribution in [0.3, 0.4) is 0 Å². The number of hydrogen-bond donors (Lipinski definition) is 0. The van der Waals surface area contributed by atoms with E-state index in [1.807, 2.05) is 0 Å². The van der Waals surface area contributed by atoms with Crippen LogP contribution in [0, 0.1) is 17.8 Å². The second-order valence-corrected chi connectivity index (χ2v) is 6.28. The second-order valence-electron chi connectivity index (χ2n) is 6.28. The Kier molecular flexibility index (Phi) is 4.44. The first kappa shape index (κ1) is 14.0. The van der Waals surface area contributed by atoms with E-state index in [2.05, 4.69) is 13.8 Å². The van der Waals surface area contributed by atoms with Crippen LogP contribution in [0.2, 0.25) is 0 Å². The highest BCUT2D eigenvalue weighted by Gasteiger charge is 2.42. The monoisotopic (exact) mass is 254 g/mol. The third-order valence-corrected chi connectivity index (χ3v) is 4.63. The molecule has 0 aromatic rings. The molecule has 0 aromatic heterocycles. The first-order valence-corrected chi connectivity index (χ1v) is 7.26. The minimum Gasteiger partial charge on any atom is -0.381 e. The molecule has 0 amide bonds. The predicted octanol–water partition coefficient (Wildman–Crippen LogP) is 2.82. The van der Waals surface area contributed by atoms with Gasteiger partial charge in [0.1, 0.15) is 5.78 Å². The third-order valence-electron chi connectivity index (χ3n) is 4.63. The lowest BCUT2D eigenvalue weighted by molar-refractivity contribution is -0.158. The molecule has 3 heteroatoms. The van der Waals surface area contributed by atoms with Crippen molar-refractivity contribution in [3.63, 3.8) is 0 Å². The summed E-state index contributed by atoms with van der Waals surface area (Å²) in [7, 11) is 0. The maximum absolute atomic E-state index is 11.9. The molecule has 0 aliphatic carbocycles. The summed E-state index contributed by atoms with van der Waals surface area (Å²) in [6, 6.07) is 0. The third kappa shape index (κ3) is 2.94. The number of ketones is 1. The Balaban J connectivity index is 2.07. The maximum atomic E-state index is 11.9. The molecule has 2 aliphatic rings. The van der Waals surface area contributed by atoms with Gasteiger partial charge in [-0.25, -0.2) is 0 Å². The highest BCUT2D eigenvalue weighted by atomic mass is 16.5. The average Bonchev–Trinajstić information content (AvgIpc) is 2.29. The molecule has 1 spiro atoms. The number of carbonyl (C=O) groups is 1. The maximum Gasteiger partial charge on any atom is 0.133 e. The van der Waals surface area contributed by atoms with Crippen molar-refractivity contribution in [2.24, 2.45) is 17.8 Å². The Bertz CT molecular complexity index is 287. The first-order chi connectivity index (χ1) is 8.54. The molecule has 2 saturated heterocycles. The molecule has 2 atom stereocenters. The summed E-state index contributed by atoms with van der Waals surface area (Å²) in [5, 5.41) is 0. The zero-order chi connectivity index (χ0) is 13.2.